The maximum absolute atomic E-state index is 5.95. The van der Waals surface area contributed by atoms with E-state index in [0.29, 0.717) is 13.1 Å². The Morgan fingerprint density at radius 3 is 1.41 bits per heavy atom. The molecule has 1 aromatic carbocycles. The summed E-state index contributed by atoms with van der Waals surface area (Å²) in [5.74, 6) is 0. The van der Waals surface area contributed by atoms with Crippen molar-refractivity contribution in [3.05, 3.63) is 72.1 Å². The summed E-state index contributed by atoms with van der Waals surface area (Å²) < 4.78 is 0. The van der Waals surface area contributed by atoms with E-state index in [0.717, 1.165) is 33.6 Å². The molecule has 0 bridgehead atoms. The summed E-state index contributed by atoms with van der Waals surface area (Å²) >= 11 is 0. The third-order valence-corrected chi connectivity index (χ3v) is 3.66. The third kappa shape index (κ3) is 2.62. The molecule has 0 atom stereocenters. The molecule has 0 aliphatic rings. The molecule has 3 aromatic rings. The first kappa shape index (κ1) is 14.4. The minimum Gasteiger partial charge on any atom is -0.326 e. The molecule has 110 valence electrons. The lowest BCUT2D eigenvalue weighted by Gasteiger charge is -2.17. The molecule has 0 radical (unpaired) electrons. The predicted molar refractivity (Wildman–Crippen MR) is 88.7 cm³/mol. The van der Waals surface area contributed by atoms with Gasteiger partial charge in [0, 0.05) is 36.6 Å². The monoisotopic (exact) mass is 290 g/mol. The number of hydrogen-bond acceptors (Lipinski definition) is 4. The molecule has 0 spiro atoms. The number of benzene rings is 1. The van der Waals surface area contributed by atoms with Gasteiger partial charge < -0.3 is 11.5 Å². The van der Waals surface area contributed by atoms with E-state index < -0.39 is 0 Å². The van der Waals surface area contributed by atoms with E-state index in [1.54, 1.807) is 12.4 Å². The summed E-state index contributed by atoms with van der Waals surface area (Å²) in [6.45, 7) is 0.882. The number of nitrogens with two attached hydrogens (primary N) is 2. The van der Waals surface area contributed by atoms with Crippen molar-refractivity contribution >= 4 is 0 Å². The van der Waals surface area contributed by atoms with E-state index in [2.05, 4.69) is 9.97 Å². The summed E-state index contributed by atoms with van der Waals surface area (Å²) in [4.78, 5) is 8.99. The van der Waals surface area contributed by atoms with Crippen LogP contribution in [0.1, 0.15) is 11.1 Å². The Hall–Kier alpha value is -2.56. The van der Waals surface area contributed by atoms with Crippen LogP contribution in [0.25, 0.3) is 22.5 Å². The molecule has 4 heteroatoms. The van der Waals surface area contributed by atoms with Crippen molar-refractivity contribution in [3.63, 3.8) is 0 Å². The van der Waals surface area contributed by atoms with Gasteiger partial charge in [0.2, 0.25) is 0 Å². The van der Waals surface area contributed by atoms with Crippen molar-refractivity contribution in [2.75, 3.05) is 0 Å². The standard InChI is InChI=1S/C18H18N4/c19-11-13-7-8-14(12-20)18(16-6-2-4-10-22-16)17(13)15-5-1-3-9-21-15/h1-10H,11-12,19-20H2. The molecule has 0 saturated heterocycles. The van der Waals surface area contributed by atoms with Gasteiger partial charge in [-0.15, -0.1) is 0 Å². The van der Waals surface area contributed by atoms with Gasteiger partial charge in [0.1, 0.15) is 0 Å². The van der Waals surface area contributed by atoms with E-state index in [-0.39, 0.29) is 0 Å². The van der Waals surface area contributed by atoms with Crippen LogP contribution in [0.3, 0.4) is 0 Å². The van der Waals surface area contributed by atoms with Crippen molar-refractivity contribution in [3.8, 4) is 22.5 Å². The lowest BCUT2D eigenvalue weighted by Crippen LogP contribution is -2.07. The molecule has 22 heavy (non-hydrogen) atoms. The fourth-order valence-electron chi connectivity index (χ4n) is 2.64. The third-order valence-electron chi connectivity index (χ3n) is 3.66. The van der Waals surface area contributed by atoms with Gasteiger partial charge in [-0.2, -0.15) is 0 Å². The van der Waals surface area contributed by atoms with Crippen molar-refractivity contribution in [2.24, 2.45) is 11.5 Å². The summed E-state index contributed by atoms with van der Waals surface area (Å²) in [5.41, 5.74) is 17.8. The first-order valence-electron chi connectivity index (χ1n) is 7.23. The van der Waals surface area contributed by atoms with Crippen LogP contribution in [0.15, 0.2) is 60.9 Å². The van der Waals surface area contributed by atoms with Crippen LogP contribution in [-0.4, -0.2) is 9.97 Å². The molecule has 0 aliphatic heterocycles. The van der Waals surface area contributed by atoms with Crippen molar-refractivity contribution in [2.45, 2.75) is 13.1 Å². The second-order valence-electron chi connectivity index (χ2n) is 4.97. The minimum atomic E-state index is 0.441. The molecule has 0 fully saturated rings. The smallest absolute Gasteiger partial charge is 0.0712 e. The fraction of sp³-hybridized carbons (Fsp3) is 0.111. The van der Waals surface area contributed by atoms with Gasteiger partial charge in [0.25, 0.3) is 0 Å². The Morgan fingerprint density at radius 1 is 0.636 bits per heavy atom. The zero-order chi connectivity index (χ0) is 15.4. The first-order valence-corrected chi connectivity index (χ1v) is 7.23. The maximum atomic E-state index is 5.95. The number of rotatable bonds is 4. The number of nitrogens with zero attached hydrogens (tertiary/aromatic N) is 2. The van der Waals surface area contributed by atoms with Gasteiger partial charge in [0.05, 0.1) is 11.4 Å². The second-order valence-corrected chi connectivity index (χ2v) is 4.97. The highest BCUT2D eigenvalue weighted by Gasteiger charge is 2.17. The Kier molecular flexibility index (Phi) is 4.23. The van der Waals surface area contributed by atoms with E-state index in [9.17, 15) is 0 Å². The summed E-state index contributed by atoms with van der Waals surface area (Å²) in [5, 5.41) is 0. The van der Waals surface area contributed by atoms with E-state index >= 15 is 0 Å². The van der Waals surface area contributed by atoms with E-state index in [4.69, 9.17) is 11.5 Å². The van der Waals surface area contributed by atoms with Gasteiger partial charge in [-0.3, -0.25) is 9.97 Å². The lowest BCUT2D eigenvalue weighted by molar-refractivity contribution is 1.04. The van der Waals surface area contributed by atoms with Crippen LogP contribution in [0.2, 0.25) is 0 Å². The van der Waals surface area contributed by atoms with E-state index in [1.807, 2.05) is 48.5 Å². The molecular formula is C18H18N4. The van der Waals surface area contributed by atoms with Gasteiger partial charge >= 0.3 is 0 Å². The molecule has 4 N–H and O–H groups in total. The Balaban J connectivity index is 2.35. The Labute approximate surface area is 129 Å². The summed E-state index contributed by atoms with van der Waals surface area (Å²) in [6.07, 6.45) is 3.57. The zero-order valence-electron chi connectivity index (χ0n) is 12.2. The average Bonchev–Trinajstić information content (AvgIpc) is 2.61. The zero-order valence-corrected chi connectivity index (χ0v) is 12.2. The molecule has 2 aromatic heterocycles. The van der Waals surface area contributed by atoms with Crippen LogP contribution < -0.4 is 11.5 Å². The molecule has 3 rings (SSSR count). The SMILES string of the molecule is NCc1ccc(CN)c(-c2ccccn2)c1-c1ccccn1. The fourth-order valence-corrected chi connectivity index (χ4v) is 2.64. The van der Waals surface area contributed by atoms with Gasteiger partial charge in [0.15, 0.2) is 0 Å². The number of aromatic nitrogens is 2. The topological polar surface area (TPSA) is 77.8 Å². The van der Waals surface area contributed by atoms with Gasteiger partial charge in [-0.1, -0.05) is 24.3 Å². The minimum absolute atomic E-state index is 0.441. The van der Waals surface area contributed by atoms with Crippen LogP contribution in [0, 0.1) is 0 Å². The van der Waals surface area contributed by atoms with Crippen molar-refractivity contribution < 1.29 is 0 Å². The number of pyridine rings is 2. The summed E-state index contributed by atoms with van der Waals surface area (Å²) in [7, 11) is 0. The Bertz CT molecular complexity index is 688. The Morgan fingerprint density at radius 2 is 1.09 bits per heavy atom. The predicted octanol–water partition coefficient (Wildman–Crippen LogP) is 2.73. The maximum Gasteiger partial charge on any atom is 0.0712 e. The van der Waals surface area contributed by atoms with Crippen molar-refractivity contribution in [1.82, 2.24) is 9.97 Å². The number of hydrogen-bond donors (Lipinski definition) is 2. The van der Waals surface area contributed by atoms with Crippen LogP contribution in [0.4, 0.5) is 0 Å². The average molecular weight is 290 g/mol. The molecule has 0 amide bonds. The molecule has 2 heterocycles. The van der Waals surface area contributed by atoms with Crippen molar-refractivity contribution in [1.29, 1.82) is 0 Å². The quantitative estimate of drug-likeness (QED) is 0.774. The highest BCUT2D eigenvalue weighted by Crippen LogP contribution is 2.35. The van der Waals surface area contributed by atoms with Crippen LogP contribution in [0.5, 0.6) is 0 Å². The molecular weight excluding hydrogens is 272 g/mol. The highest BCUT2D eigenvalue weighted by atomic mass is 14.7. The molecule has 0 aliphatic carbocycles. The molecule has 0 unspecified atom stereocenters. The van der Waals surface area contributed by atoms with Crippen LogP contribution in [-0.2, 0) is 13.1 Å². The lowest BCUT2D eigenvalue weighted by atomic mass is 9.91. The van der Waals surface area contributed by atoms with Gasteiger partial charge in [-0.05, 0) is 35.4 Å². The van der Waals surface area contributed by atoms with Gasteiger partial charge in [-0.25, -0.2) is 0 Å². The molecule has 4 nitrogen and oxygen atoms in total. The first-order chi connectivity index (χ1) is 10.8. The summed E-state index contributed by atoms with van der Waals surface area (Å²) in [6, 6.07) is 15.8. The van der Waals surface area contributed by atoms with Crippen LogP contribution >= 0.6 is 0 Å². The molecule has 0 saturated carbocycles. The van der Waals surface area contributed by atoms with E-state index in [1.165, 1.54) is 0 Å². The normalized spacial score (nSPS) is 10.6. The second kappa shape index (κ2) is 6.47. The largest absolute Gasteiger partial charge is 0.326 e. The highest BCUT2D eigenvalue weighted by molar-refractivity contribution is 5.85.